The molecular weight excluding hydrogens is 311 g/mol. The summed E-state index contributed by atoms with van der Waals surface area (Å²) in [4.78, 5) is 26.6. The summed E-state index contributed by atoms with van der Waals surface area (Å²) >= 11 is 1.14. The highest BCUT2D eigenvalue weighted by molar-refractivity contribution is 7.09. The Bertz CT molecular complexity index is 746. The molecule has 0 saturated heterocycles. The summed E-state index contributed by atoms with van der Waals surface area (Å²) in [5.41, 5.74) is 0.600. The maximum atomic E-state index is 13.5. The van der Waals surface area contributed by atoms with Crippen LogP contribution in [0, 0.1) is 5.82 Å². The summed E-state index contributed by atoms with van der Waals surface area (Å²) in [6.45, 7) is 0.107. The first-order valence-corrected chi connectivity index (χ1v) is 7.32. The van der Waals surface area contributed by atoms with E-state index in [1.807, 2.05) is 0 Å². The van der Waals surface area contributed by atoms with Crippen molar-refractivity contribution >= 4 is 23.2 Å². The molecule has 114 valence electrons. The quantitative estimate of drug-likeness (QED) is 0.892. The number of fused-ring (bicyclic) bond motifs is 1. The van der Waals surface area contributed by atoms with E-state index < -0.39 is 17.9 Å². The van der Waals surface area contributed by atoms with Gasteiger partial charge >= 0.3 is 5.97 Å². The molecule has 1 aliphatic rings. The van der Waals surface area contributed by atoms with E-state index in [0.717, 1.165) is 11.3 Å². The van der Waals surface area contributed by atoms with Crippen molar-refractivity contribution < 1.29 is 23.8 Å². The van der Waals surface area contributed by atoms with Crippen LogP contribution in [0.5, 0.6) is 5.75 Å². The summed E-state index contributed by atoms with van der Waals surface area (Å²) in [5.74, 6) is -1.87. The van der Waals surface area contributed by atoms with Gasteiger partial charge in [0.15, 0.2) is 23.4 Å². The molecule has 0 aliphatic carbocycles. The number of nitrogens with zero attached hydrogens (tertiary/aromatic N) is 1. The predicted molar refractivity (Wildman–Crippen MR) is 75.4 cm³/mol. The maximum absolute atomic E-state index is 13.5. The molecule has 0 unspecified atom stereocenters. The Labute approximate surface area is 128 Å². The van der Waals surface area contributed by atoms with Crippen LogP contribution in [0.3, 0.4) is 0 Å². The number of carbonyl (C=O) groups excluding carboxylic acids is 1. The minimum Gasteiger partial charge on any atom is -0.477 e. The van der Waals surface area contributed by atoms with Crippen LogP contribution in [-0.4, -0.2) is 28.1 Å². The van der Waals surface area contributed by atoms with E-state index in [9.17, 15) is 14.0 Å². The zero-order valence-electron chi connectivity index (χ0n) is 11.2. The van der Waals surface area contributed by atoms with E-state index in [0.29, 0.717) is 17.0 Å². The number of amides is 1. The van der Waals surface area contributed by atoms with E-state index >= 15 is 0 Å². The van der Waals surface area contributed by atoms with Gasteiger partial charge in [-0.3, -0.25) is 4.79 Å². The van der Waals surface area contributed by atoms with Crippen LogP contribution >= 0.6 is 11.3 Å². The minimum atomic E-state index is -1.11. The number of aromatic carboxylic acids is 1. The van der Waals surface area contributed by atoms with Gasteiger partial charge in [0, 0.05) is 17.4 Å². The van der Waals surface area contributed by atoms with Crippen molar-refractivity contribution in [3.05, 3.63) is 45.7 Å². The van der Waals surface area contributed by atoms with Gasteiger partial charge in [-0.1, -0.05) is 12.1 Å². The number of carbonyl (C=O) groups is 2. The van der Waals surface area contributed by atoms with Crippen LogP contribution in [0.4, 0.5) is 4.39 Å². The predicted octanol–water partition coefficient (Wildman–Crippen LogP) is 1.60. The summed E-state index contributed by atoms with van der Waals surface area (Å²) in [7, 11) is 0. The zero-order valence-corrected chi connectivity index (χ0v) is 12.0. The molecule has 1 aliphatic heterocycles. The summed E-state index contributed by atoms with van der Waals surface area (Å²) < 4.78 is 18.9. The summed E-state index contributed by atoms with van der Waals surface area (Å²) in [5, 5.41) is 13.3. The average molecular weight is 322 g/mol. The molecule has 2 N–H and O–H groups in total. The van der Waals surface area contributed by atoms with Crippen LogP contribution in [0.15, 0.2) is 23.6 Å². The van der Waals surface area contributed by atoms with E-state index in [4.69, 9.17) is 9.84 Å². The highest BCUT2D eigenvalue weighted by Crippen LogP contribution is 2.31. The summed E-state index contributed by atoms with van der Waals surface area (Å²) in [6, 6.07) is 4.56. The third-order valence-electron chi connectivity index (χ3n) is 3.19. The number of hydrogen-bond donors (Lipinski definition) is 2. The number of halogens is 1. The molecule has 8 heteroatoms. The number of carboxylic acid groups (broad SMARTS) is 1. The van der Waals surface area contributed by atoms with Crippen molar-refractivity contribution in [1.29, 1.82) is 0 Å². The molecule has 22 heavy (non-hydrogen) atoms. The number of nitrogens with one attached hydrogen (secondary N) is 1. The number of rotatable bonds is 4. The number of thiazole rings is 1. The third kappa shape index (κ3) is 2.77. The Balaban J connectivity index is 1.59. The van der Waals surface area contributed by atoms with E-state index in [2.05, 4.69) is 10.3 Å². The lowest BCUT2D eigenvalue weighted by Crippen LogP contribution is -2.37. The Morgan fingerprint density at radius 1 is 1.50 bits per heavy atom. The fraction of sp³-hybridized carbons (Fsp3) is 0.214. The standard InChI is InChI=1S/C14H11FN2O4S/c15-8-3-1-2-7-4-10(21-12(7)8)13(18)16-5-11-17-9(6-22-11)14(19)20/h1-3,6,10H,4-5H2,(H,16,18)(H,19,20)/t10-/m0/s1. The molecule has 1 atom stereocenters. The van der Waals surface area contributed by atoms with E-state index in [-0.39, 0.29) is 23.9 Å². The largest absolute Gasteiger partial charge is 0.477 e. The smallest absolute Gasteiger partial charge is 0.355 e. The third-order valence-corrected chi connectivity index (χ3v) is 4.04. The Morgan fingerprint density at radius 2 is 2.32 bits per heavy atom. The molecule has 2 aromatic rings. The van der Waals surface area contributed by atoms with Gasteiger partial charge < -0.3 is 15.2 Å². The van der Waals surface area contributed by atoms with Gasteiger partial charge in [0.05, 0.1) is 6.54 Å². The highest BCUT2D eigenvalue weighted by Gasteiger charge is 2.31. The molecule has 1 amide bonds. The van der Waals surface area contributed by atoms with E-state index in [1.165, 1.54) is 11.4 Å². The van der Waals surface area contributed by atoms with Gasteiger partial charge in [0.2, 0.25) is 0 Å². The second-order valence-electron chi connectivity index (χ2n) is 4.69. The maximum Gasteiger partial charge on any atom is 0.355 e. The van der Waals surface area contributed by atoms with Gasteiger partial charge in [-0.2, -0.15) is 0 Å². The van der Waals surface area contributed by atoms with Crippen molar-refractivity contribution in [3.8, 4) is 5.75 Å². The first kappa shape index (κ1) is 14.5. The molecule has 1 aromatic heterocycles. The van der Waals surface area contributed by atoms with Crippen molar-refractivity contribution in [2.45, 2.75) is 19.1 Å². The van der Waals surface area contributed by atoms with Gasteiger partial charge in [-0.25, -0.2) is 14.2 Å². The molecule has 0 spiro atoms. The number of aromatic nitrogens is 1. The van der Waals surface area contributed by atoms with Crippen LogP contribution < -0.4 is 10.1 Å². The normalized spacial score (nSPS) is 16.0. The monoisotopic (exact) mass is 322 g/mol. The topological polar surface area (TPSA) is 88.5 Å². The Kier molecular flexibility index (Phi) is 3.76. The van der Waals surface area contributed by atoms with Crippen LogP contribution in [0.25, 0.3) is 0 Å². The van der Waals surface area contributed by atoms with Gasteiger partial charge in [0.25, 0.3) is 5.91 Å². The number of hydrogen-bond acceptors (Lipinski definition) is 5. The Hall–Kier alpha value is -2.48. The first-order chi connectivity index (χ1) is 10.5. The molecule has 0 saturated carbocycles. The van der Waals surface area contributed by atoms with Crippen LogP contribution in [0.2, 0.25) is 0 Å². The lowest BCUT2D eigenvalue weighted by molar-refractivity contribution is -0.127. The van der Waals surface area contributed by atoms with Crippen molar-refractivity contribution in [2.75, 3.05) is 0 Å². The molecule has 0 radical (unpaired) electrons. The fourth-order valence-corrected chi connectivity index (χ4v) is 2.85. The second-order valence-corrected chi connectivity index (χ2v) is 5.63. The van der Waals surface area contributed by atoms with Crippen LogP contribution in [0.1, 0.15) is 21.1 Å². The van der Waals surface area contributed by atoms with Crippen molar-refractivity contribution in [3.63, 3.8) is 0 Å². The van der Waals surface area contributed by atoms with Gasteiger partial charge in [-0.15, -0.1) is 11.3 Å². The average Bonchev–Trinajstić information content (AvgIpc) is 3.12. The van der Waals surface area contributed by atoms with Crippen molar-refractivity contribution in [1.82, 2.24) is 10.3 Å². The minimum absolute atomic E-state index is 0.0548. The fourth-order valence-electron chi connectivity index (χ4n) is 2.14. The molecule has 2 heterocycles. The second kappa shape index (κ2) is 5.72. The molecule has 0 fully saturated rings. The number of benzene rings is 1. The SMILES string of the molecule is O=C(O)c1csc(CNC(=O)[C@@H]2Cc3cccc(F)c3O2)n1. The number of para-hydroxylation sites is 1. The molecule has 0 bridgehead atoms. The molecular formula is C14H11FN2O4S. The molecule has 3 rings (SSSR count). The zero-order chi connectivity index (χ0) is 15.7. The lowest BCUT2D eigenvalue weighted by Gasteiger charge is -2.10. The van der Waals surface area contributed by atoms with Gasteiger partial charge in [0.1, 0.15) is 5.01 Å². The van der Waals surface area contributed by atoms with Crippen LogP contribution in [-0.2, 0) is 17.8 Å². The van der Waals surface area contributed by atoms with Gasteiger partial charge in [-0.05, 0) is 6.07 Å². The Morgan fingerprint density at radius 3 is 3.00 bits per heavy atom. The van der Waals surface area contributed by atoms with Crippen molar-refractivity contribution in [2.24, 2.45) is 0 Å². The number of ether oxygens (including phenoxy) is 1. The first-order valence-electron chi connectivity index (χ1n) is 6.44. The molecule has 1 aromatic carbocycles. The number of carboxylic acids is 1. The molecule has 6 nitrogen and oxygen atoms in total. The van der Waals surface area contributed by atoms with E-state index in [1.54, 1.807) is 12.1 Å². The highest BCUT2D eigenvalue weighted by atomic mass is 32.1. The summed E-state index contributed by atoms with van der Waals surface area (Å²) in [6.07, 6.45) is -0.484. The lowest BCUT2D eigenvalue weighted by atomic mass is 10.1.